The fourth-order valence-electron chi connectivity index (χ4n) is 0.885. The molecule has 0 fully saturated rings. The number of hydrogen-bond donors (Lipinski definition) is 1. The Morgan fingerprint density at radius 2 is 1.92 bits per heavy atom. The van der Waals surface area contributed by atoms with Gasteiger partial charge in [0.2, 0.25) is 0 Å². The van der Waals surface area contributed by atoms with Crippen LogP contribution in [0, 0.1) is 11.6 Å². The third-order valence-electron chi connectivity index (χ3n) is 1.53. The van der Waals surface area contributed by atoms with Gasteiger partial charge in [0.15, 0.2) is 0 Å². The van der Waals surface area contributed by atoms with E-state index in [9.17, 15) is 13.2 Å². The van der Waals surface area contributed by atoms with Gasteiger partial charge in [-0.3, -0.25) is 0 Å². The monoisotopic (exact) mass is 211 g/mol. The third-order valence-corrected chi connectivity index (χ3v) is 1.53. The molecule has 0 aliphatic rings. The maximum Gasteiger partial charge on any atom is 0.130 e. The van der Waals surface area contributed by atoms with Gasteiger partial charge in [-0.05, 0) is 6.07 Å². The van der Waals surface area contributed by atoms with Crippen LogP contribution in [0.4, 0.5) is 13.2 Å². The lowest BCUT2D eigenvalue weighted by Gasteiger charge is -2.07. The van der Waals surface area contributed by atoms with E-state index in [1.807, 2.05) is 0 Å². The summed E-state index contributed by atoms with van der Waals surface area (Å²) in [5.41, 5.74) is 5.21. The molecular weight excluding hydrogens is 203 g/mol. The zero-order valence-corrected chi connectivity index (χ0v) is 7.45. The summed E-state index contributed by atoms with van der Waals surface area (Å²) in [6.45, 7) is -0.859. The Morgan fingerprint density at radius 1 is 1.31 bits per heavy atom. The molecule has 1 nitrogen and oxygen atoms in total. The number of nitrogens with two attached hydrogens (primary N) is 1. The van der Waals surface area contributed by atoms with Gasteiger partial charge in [-0.15, -0.1) is 12.4 Å². The van der Waals surface area contributed by atoms with Crippen LogP contribution in [0.25, 0.3) is 0 Å². The van der Waals surface area contributed by atoms with Gasteiger partial charge in [-0.2, -0.15) is 0 Å². The fourth-order valence-corrected chi connectivity index (χ4v) is 0.885. The lowest BCUT2D eigenvalue weighted by molar-refractivity contribution is 0.425. The van der Waals surface area contributed by atoms with Gasteiger partial charge in [0.1, 0.15) is 18.3 Å². The molecule has 0 saturated heterocycles. The first-order chi connectivity index (χ1) is 5.65. The van der Waals surface area contributed by atoms with Crippen LogP contribution >= 0.6 is 12.4 Å². The number of alkyl halides is 1. The summed E-state index contributed by atoms with van der Waals surface area (Å²) in [4.78, 5) is 0. The molecule has 1 aromatic rings. The van der Waals surface area contributed by atoms with E-state index in [0.29, 0.717) is 6.07 Å². The first-order valence-electron chi connectivity index (χ1n) is 3.41. The lowest BCUT2D eigenvalue weighted by Crippen LogP contribution is -2.13. The lowest BCUT2D eigenvalue weighted by atomic mass is 10.1. The molecule has 0 saturated carbocycles. The van der Waals surface area contributed by atoms with Gasteiger partial charge in [-0.1, -0.05) is 6.07 Å². The van der Waals surface area contributed by atoms with Crippen molar-refractivity contribution in [3.63, 3.8) is 0 Å². The van der Waals surface area contributed by atoms with E-state index in [1.54, 1.807) is 0 Å². The third kappa shape index (κ3) is 2.90. The molecule has 74 valence electrons. The van der Waals surface area contributed by atoms with Crippen molar-refractivity contribution in [2.45, 2.75) is 6.04 Å². The minimum atomic E-state index is -1.01. The summed E-state index contributed by atoms with van der Waals surface area (Å²) in [6, 6.07) is 1.87. The zero-order valence-electron chi connectivity index (χ0n) is 6.64. The van der Waals surface area contributed by atoms with Crippen LogP contribution in [0.1, 0.15) is 11.6 Å². The molecule has 13 heavy (non-hydrogen) atoms. The van der Waals surface area contributed by atoms with Crippen molar-refractivity contribution in [3.05, 3.63) is 35.4 Å². The average molecular weight is 212 g/mol. The molecule has 1 aromatic carbocycles. The molecular formula is C8H9ClF3N. The van der Waals surface area contributed by atoms with Gasteiger partial charge in [-0.25, -0.2) is 13.2 Å². The molecule has 1 unspecified atom stereocenters. The van der Waals surface area contributed by atoms with Crippen molar-refractivity contribution < 1.29 is 13.2 Å². The van der Waals surface area contributed by atoms with E-state index in [4.69, 9.17) is 5.73 Å². The largest absolute Gasteiger partial charge is 0.322 e. The fraction of sp³-hybridized carbons (Fsp3) is 0.250. The minimum Gasteiger partial charge on any atom is -0.322 e. The minimum absolute atomic E-state index is 0. The Labute approximate surface area is 80.2 Å². The van der Waals surface area contributed by atoms with Gasteiger partial charge in [0.05, 0.1) is 6.04 Å². The zero-order chi connectivity index (χ0) is 9.14. The molecule has 0 aliphatic carbocycles. The van der Waals surface area contributed by atoms with Crippen LogP contribution < -0.4 is 5.73 Å². The maximum atomic E-state index is 12.8. The second-order valence-electron chi connectivity index (χ2n) is 2.43. The van der Waals surface area contributed by atoms with Crippen molar-refractivity contribution in [2.75, 3.05) is 6.67 Å². The summed E-state index contributed by atoms with van der Waals surface area (Å²) >= 11 is 0. The predicted octanol–water partition coefficient (Wildman–Crippen LogP) is 2.36. The van der Waals surface area contributed by atoms with E-state index in [-0.39, 0.29) is 18.0 Å². The highest BCUT2D eigenvalue weighted by molar-refractivity contribution is 5.85. The van der Waals surface area contributed by atoms with Crippen LogP contribution in [0.15, 0.2) is 18.2 Å². The molecule has 5 heteroatoms. The second kappa shape index (κ2) is 5.09. The van der Waals surface area contributed by atoms with Gasteiger partial charge in [0, 0.05) is 11.6 Å². The van der Waals surface area contributed by atoms with Crippen LogP contribution in [-0.2, 0) is 0 Å². The molecule has 1 rings (SSSR count). The van der Waals surface area contributed by atoms with E-state index >= 15 is 0 Å². The van der Waals surface area contributed by atoms with Crippen molar-refractivity contribution in [1.82, 2.24) is 0 Å². The topological polar surface area (TPSA) is 26.0 Å². The molecule has 0 aliphatic heterocycles. The normalized spacial score (nSPS) is 12.0. The van der Waals surface area contributed by atoms with Crippen molar-refractivity contribution in [1.29, 1.82) is 0 Å². The summed E-state index contributed by atoms with van der Waals surface area (Å²) in [7, 11) is 0. The molecule has 0 spiro atoms. The van der Waals surface area contributed by atoms with E-state index in [2.05, 4.69) is 0 Å². The first kappa shape index (κ1) is 12.3. The second-order valence-corrected chi connectivity index (χ2v) is 2.43. The molecule has 0 bridgehead atoms. The summed E-state index contributed by atoms with van der Waals surface area (Å²) in [5.74, 6) is -1.50. The molecule has 0 amide bonds. The average Bonchev–Trinajstić information content (AvgIpc) is 2.03. The molecule has 0 aromatic heterocycles. The summed E-state index contributed by atoms with van der Waals surface area (Å²) in [5, 5.41) is 0. The highest BCUT2D eigenvalue weighted by atomic mass is 35.5. The molecule has 0 radical (unpaired) electrons. The van der Waals surface area contributed by atoms with Crippen LogP contribution in [0.2, 0.25) is 0 Å². The first-order valence-corrected chi connectivity index (χ1v) is 3.41. The summed E-state index contributed by atoms with van der Waals surface area (Å²) < 4.78 is 37.1. The number of halogens is 4. The van der Waals surface area contributed by atoms with Crippen molar-refractivity contribution in [2.24, 2.45) is 5.73 Å². The Balaban J connectivity index is 0.00000144. The number of benzene rings is 1. The smallest absolute Gasteiger partial charge is 0.130 e. The Kier molecular flexibility index (Phi) is 4.80. The Bertz CT molecular complexity index is 280. The predicted molar refractivity (Wildman–Crippen MR) is 46.5 cm³/mol. The van der Waals surface area contributed by atoms with E-state index in [0.717, 1.165) is 12.1 Å². The molecule has 1 atom stereocenters. The standard InChI is InChI=1S/C8H8F3N.ClH/c9-4-8(12)6-2-1-5(10)3-7(6)11;/h1-3,8H,4,12H2;1H. The van der Waals surface area contributed by atoms with Crippen LogP contribution in [0.5, 0.6) is 0 Å². The van der Waals surface area contributed by atoms with Crippen molar-refractivity contribution >= 4 is 12.4 Å². The number of rotatable bonds is 2. The molecule has 0 heterocycles. The van der Waals surface area contributed by atoms with Crippen LogP contribution in [-0.4, -0.2) is 6.67 Å². The van der Waals surface area contributed by atoms with Crippen molar-refractivity contribution in [3.8, 4) is 0 Å². The quantitative estimate of drug-likeness (QED) is 0.799. The highest BCUT2D eigenvalue weighted by Crippen LogP contribution is 2.16. The molecule has 2 N–H and O–H groups in total. The van der Waals surface area contributed by atoms with E-state index < -0.39 is 24.4 Å². The maximum absolute atomic E-state index is 12.8. The van der Waals surface area contributed by atoms with Gasteiger partial charge in [0.25, 0.3) is 0 Å². The SMILES string of the molecule is Cl.NC(CF)c1ccc(F)cc1F. The Morgan fingerprint density at radius 3 is 2.38 bits per heavy atom. The van der Waals surface area contributed by atoms with E-state index in [1.165, 1.54) is 0 Å². The van der Waals surface area contributed by atoms with Gasteiger partial charge < -0.3 is 5.73 Å². The Hall–Kier alpha value is -0.740. The van der Waals surface area contributed by atoms with Crippen LogP contribution in [0.3, 0.4) is 0 Å². The van der Waals surface area contributed by atoms with Gasteiger partial charge >= 0.3 is 0 Å². The number of hydrogen-bond acceptors (Lipinski definition) is 1. The summed E-state index contributed by atoms with van der Waals surface area (Å²) in [6.07, 6.45) is 0. The highest BCUT2D eigenvalue weighted by Gasteiger charge is 2.10.